The molecule has 2 aromatic rings. The van der Waals surface area contributed by atoms with E-state index in [0.29, 0.717) is 17.3 Å². The lowest BCUT2D eigenvalue weighted by atomic mass is 9.85. The molecule has 1 aromatic carbocycles. The van der Waals surface area contributed by atoms with Crippen LogP contribution in [0.5, 0.6) is 0 Å². The summed E-state index contributed by atoms with van der Waals surface area (Å²) in [6, 6.07) is 8.43. The van der Waals surface area contributed by atoms with E-state index < -0.39 is 24.9 Å². The Balaban J connectivity index is 1.62. The maximum absolute atomic E-state index is 13.7. The van der Waals surface area contributed by atoms with Crippen LogP contribution in [-0.2, 0) is 11.8 Å². The van der Waals surface area contributed by atoms with Crippen LogP contribution in [0.1, 0.15) is 55.3 Å². The molecular weight excluding hydrogens is 452 g/mol. The number of anilines is 1. The van der Waals surface area contributed by atoms with E-state index in [1.807, 2.05) is 6.07 Å². The zero-order valence-electron chi connectivity index (χ0n) is 20.3. The summed E-state index contributed by atoms with van der Waals surface area (Å²) in [5.74, 6) is -1.04. The highest BCUT2D eigenvalue weighted by molar-refractivity contribution is 6.09. The van der Waals surface area contributed by atoms with Gasteiger partial charge >= 0.3 is 0 Å². The van der Waals surface area contributed by atoms with Gasteiger partial charge in [-0.25, -0.2) is 8.78 Å². The molecule has 1 N–H and O–H groups in total. The van der Waals surface area contributed by atoms with E-state index in [0.717, 1.165) is 25.9 Å². The second-order valence-electron chi connectivity index (χ2n) is 9.66. The molecule has 35 heavy (non-hydrogen) atoms. The van der Waals surface area contributed by atoms with Crippen LogP contribution < -0.4 is 10.2 Å². The van der Waals surface area contributed by atoms with Crippen molar-refractivity contribution in [2.45, 2.75) is 63.5 Å². The molecule has 1 atom stereocenters. The summed E-state index contributed by atoms with van der Waals surface area (Å²) in [6.07, 6.45) is 8.23. The van der Waals surface area contributed by atoms with E-state index >= 15 is 0 Å². The third-order valence-corrected chi connectivity index (χ3v) is 7.30. The third kappa shape index (κ3) is 6.25. The number of piperidine rings is 1. The van der Waals surface area contributed by atoms with Crippen molar-refractivity contribution in [3.05, 3.63) is 48.3 Å². The van der Waals surface area contributed by atoms with Crippen LogP contribution in [0.15, 0.2) is 42.7 Å². The molecule has 1 unspecified atom stereocenters. The highest BCUT2D eigenvalue weighted by atomic mass is 19.3. The van der Waals surface area contributed by atoms with Crippen LogP contribution in [0.25, 0.3) is 0 Å². The first kappa shape index (κ1) is 25.3. The Morgan fingerprint density at radius 3 is 2.37 bits per heavy atom. The summed E-state index contributed by atoms with van der Waals surface area (Å²) in [5.41, 5.74) is 0.913. The Morgan fingerprint density at radius 2 is 1.77 bits per heavy atom. The number of alkyl halides is 2. The standard InChI is InChI=1S/C26H35F2N5O2/c1-31-18-22(16-30-31)33(26(35)20-8-4-2-5-9-20)24(25(34)29-17-23(27)28)19-12-14-32(15-13-19)21-10-6-3-7-11-21/h2,4-5,8-9,16,18-19,21,23-24H,3,6-7,10-15,17H2,1H3,(H,29,34). The van der Waals surface area contributed by atoms with Crippen LogP contribution in [0.4, 0.5) is 14.5 Å². The van der Waals surface area contributed by atoms with Gasteiger partial charge in [0.1, 0.15) is 6.04 Å². The molecule has 0 spiro atoms. The number of rotatable bonds is 8. The van der Waals surface area contributed by atoms with Crippen molar-refractivity contribution in [2.75, 3.05) is 24.5 Å². The molecule has 2 amide bonds. The minimum Gasteiger partial charge on any atom is -0.349 e. The van der Waals surface area contributed by atoms with Gasteiger partial charge in [-0.05, 0) is 56.8 Å². The number of aryl methyl sites for hydroxylation is 1. The highest BCUT2D eigenvalue weighted by Gasteiger charge is 2.40. The van der Waals surface area contributed by atoms with Crippen LogP contribution in [0.2, 0.25) is 0 Å². The minimum atomic E-state index is -2.66. The van der Waals surface area contributed by atoms with Gasteiger partial charge in [0.25, 0.3) is 12.3 Å². The molecule has 2 fully saturated rings. The van der Waals surface area contributed by atoms with Crippen molar-refractivity contribution >= 4 is 17.5 Å². The fourth-order valence-electron chi connectivity index (χ4n) is 5.53. The van der Waals surface area contributed by atoms with Crippen molar-refractivity contribution in [2.24, 2.45) is 13.0 Å². The third-order valence-electron chi connectivity index (χ3n) is 7.30. The summed E-state index contributed by atoms with van der Waals surface area (Å²) in [5, 5.41) is 6.60. The number of halogens is 2. The second kappa shape index (κ2) is 11.7. The van der Waals surface area contributed by atoms with Crippen LogP contribution >= 0.6 is 0 Å². The predicted octanol–water partition coefficient (Wildman–Crippen LogP) is 3.86. The molecule has 2 aliphatic rings. The molecule has 4 rings (SSSR count). The summed E-state index contributed by atoms with van der Waals surface area (Å²) in [7, 11) is 1.74. The van der Waals surface area contributed by atoms with Crippen molar-refractivity contribution in [1.29, 1.82) is 0 Å². The van der Waals surface area contributed by atoms with Crippen molar-refractivity contribution in [1.82, 2.24) is 20.0 Å². The van der Waals surface area contributed by atoms with Gasteiger partial charge in [0.15, 0.2) is 0 Å². The quantitative estimate of drug-likeness (QED) is 0.614. The number of hydrogen-bond donors (Lipinski definition) is 1. The Kier molecular flexibility index (Phi) is 8.49. The first-order valence-corrected chi connectivity index (χ1v) is 12.6. The summed E-state index contributed by atoms with van der Waals surface area (Å²) < 4.78 is 27.6. The summed E-state index contributed by atoms with van der Waals surface area (Å²) >= 11 is 0. The van der Waals surface area contributed by atoms with Gasteiger partial charge in [0, 0.05) is 24.8 Å². The van der Waals surface area contributed by atoms with Crippen molar-refractivity contribution < 1.29 is 18.4 Å². The number of carbonyl (C=O) groups is 2. The Labute approximate surface area is 205 Å². The highest BCUT2D eigenvalue weighted by Crippen LogP contribution is 2.32. The van der Waals surface area contributed by atoms with Gasteiger partial charge in [-0.2, -0.15) is 5.10 Å². The lowest BCUT2D eigenvalue weighted by molar-refractivity contribution is -0.124. The number of likely N-dealkylation sites (tertiary alicyclic amines) is 1. The Hall–Kier alpha value is -2.81. The molecular formula is C26H35F2N5O2. The number of nitrogens with one attached hydrogen (secondary N) is 1. The summed E-state index contributed by atoms with van der Waals surface area (Å²) in [4.78, 5) is 31.1. The van der Waals surface area contributed by atoms with Gasteiger partial charge in [0.05, 0.1) is 18.4 Å². The van der Waals surface area contributed by atoms with E-state index in [1.54, 1.807) is 48.4 Å². The smallest absolute Gasteiger partial charge is 0.259 e. The largest absolute Gasteiger partial charge is 0.349 e. The molecule has 1 aromatic heterocycles. The van der Waals surface area contributed by atoms with E-state index in [1.165, 1.54) is 37.0 Å². The maximum Gasteiger partial charge on any atom is 0.259 e. The average Bonchev–Trinajstić information content (AvgIpc) is 3.32. The molecule has 190 valence electrons. The minimum absolute atomic E-state index is 0.152. The van der Waals surface area contributed by atoms with E-state index in [9.17, 15) is 18.4 Å². The van der Waals surface area contributed by atoms with E-state index in [2.05, 4.69) is 15.3 Å². The fraction of sp³-hybridized carbons (Fsp3) is 0.577. The maximum atomic E-state index is 13.7. The number of hydrogen-bond acceptors (Lipinski definition) is 4. The Morgan fingerprint density at radius 1 is 1.09 bits per heavy atom. The Bertz CT molecular complexity index is 969. The normalized spacial score (nSPS) is 19.0. The van der Waals surface area contributed by atoms with Crippen molar-refractivity contribution in [3.63, 3.8) is 0 Å². The van der Waals surface area contributed by atoms with Gasteiger partial charge in [-0.3, -0.25) is 19.2 Å². The molecule has 9 heteroatoms. The van der Waals surface area contributed by atoms with Gasteiger partial charge in [-0.15, -0.1) is 0 Å². The van der Waals surface area contributed by atoms with Crippen LogP contribution in [-0.4, -0.2) is 64.6 Å². The monoisotopic (exact) mass is 487 g/mol. The first-order chi connectivity index (χ1) is 16.9. The van der Waals surface area contributed by atoms with Crippen molar-refractivity contribution in [3.8, 4) is 0 Å². The van der Waals surface area contributed by atoms with Crippen LogP contribution in [0, 0.1) is 5.92 Å². The molecule has 1 saturated carbocycles. The number of benzene rings is 1. The molecule has 2 heterocycles. The zero-order chi connectivity index (χ0) is 24.8. The lowest BCUT2D eigenvalue weighted by Crippen LogP contribution is -2.56. The number of amides is 2. The summed E-state index contributed by atoms with van der Waals surface area (Å²) in [6.45, 7) is 0.944. The lowest BCUT2D eigenvalue weighted by Gasteiger charge is -2.43. The number of aromatic nitrogens is 2. The van der Waals surface area contributed by atoms with E-state index in [4.69, 9.17) is 0 Å². The van der Waals surface area contributed by atoms with Gasteiger partial charge < -0.3 is 10.2 Å². The zero-order valence-corrected chi connectivity index (χ0v) is 20.3. The predicted molar refractivity (Wildman–Crippen MR) is 130 cm³/mol. The number of nitrogens with zero attached hydrogens (tertiary/aromatic N) is 4. The van der Waals surface area contributed by atoms with Gasteiger partial charge in [0.2, 0.25) is 5.91 Å². The van der Waals surface area contributed by atoms with Gasteiger partial charge in [-0.1, -0.05) is 37.5 Å². The molecule has 1 aliphatic heterocycles. The molecule has 0 bridgehead atoms. The molecule has 1 aliphatic carbocycles. The second-order valence-corrected chi connectivity index (χ2v) is 9.66. The first-order valence-electron chi connectivity index (χ1n) is 12.6. The average molecular weight is 488 g/mol. The number of carbonyl (C=O) groups excluding carboxylic acids is 2. The molecule has 1 saturated heterocycles. The molecule has 7 nitrogen and oxygen atoms in total. The SMILES string of the molecule is Cn1cc(N(C(=O)c2ccccc2)C(C(=O)NCC(F)F)C2CCN(C3CCCCC3)CC2)cn1. The van der Waals surface area contributed by atoms with Crippen LogP contribution in [0.3, 0.4) is 0 Å². The van der Waals surface area contributed by atoms with E-state index in [-0.39, 0.29) is 11.8 Å². The topological polar surface area (TPSA) is 70.5 Å². The fourth-order valence-corrected chi connectivity index (χ4v) is 5.53. The molecule has 0 radical (unpaired) electrons.